The second-order valence-electron chi connectivity index (χ2n) is 3.50. The van der Waals surface area contributed by atoms with E-state index in [4.69, 9.17) is 16.3 Å². The van der Waals surface area contributed by atoms with Crippen molar-refractivity contribution in [3.63, 3.8) is 0 Å². The van der Waals surface area contributed by atoms with E-state index in [1.165, 1.54) is 11.8 Å². The lowest BCUT2D eigenvalue weighted by atomic mass is 10.3. The minimum atomic E-state index is -0.0544. The highest BCUT2D eigenvalue weighted by atomic mass is 35.5. The highest BCUT2D eigenvalue weighted by molar-refractivity contribution is 8.00. The standard InChI is InChI=1S/C11H15ClN2O2S/c1-8(6-16-2)14-10(15)7-17-11-9(12)4-3-5-13-11/h3-5,8H,6-7H2,1-2H3,(H,14,15)/t8-/m1/s1. The largest absolute Gasteiger partial charge is 0.383 e. The maximum absolute atomic E-state index is 11.6. The van der Waals surface area contributed by atoms with Crippen LogP contribution in [-0.2, 0) is 9.53 Å². The highest BCUT2D eigenvalue weighted by Gasteiger charge is 2.09. The van der Waals surface area contributed by atoms with E-state index in [0.717, 1.165) is 0 Å². The SMILES string of the molecule is COC[C@@H](C)NC(=O)CSc1ncccc1Cl. The Morgan fingerprint density at radius 3 is 3.12 bits per heavy atom. The zero-order valence-corrected chi connectivity index (χ0v) is 11.3. The maximum atomic E-state index is 11.6. The maximum Gasteiger partial charge on any atom is 0.230 e. The Hall–Kier alpha value is -0.780. The summed E-state index contributed by atoms with van der Waals surface area (Å²) in [5.74, 6) is 0.242. The fourth-order valence-electron chi connectivity index (χ4n) is 1.22. The molecule has 4 nitrogen and oxygen atoms in total. The van der Waals surface area contributed by atoms with Gasteiger partial charge in [0.2, 0.25) is 5.91 Å². The number of ether oxygens (including phenoxy) is 1. The molecule has 94 valence electrons. The van der Waals surface area contributed by atoms with Crippen LogP contribution in [0, 0.1) is 0 Å². The topological polar surface area (TPSA) is 51.2 Å². The third-order valence-electron chi connectivity index (χ3n) is 1.89. The molecule has 1 rings (SSSR count). The van der Waals surface area contributed by atoms with Crippen molar-refractivity contribution < 1.29 is 9.53 Å². The Morgan fingerprint density at radius 1 is 1.71 bits per heavy atom. The number of rotatable bonds is 6. The molecule has 1 atom stereocenters. The van der Waals surface area contributed by atoms with Gasteiger partial charge in [0.05, 0.1) is 17.4 Å². The monoisotopic (exact) mass is 274 g/mol. The molecule has 0 aromatic carbocycles. The number of nitrogens with one attached hydrogen (secondary N) is 1. The van der Waals surface area contributed by atoms with Crippen molar-refractivity contribution in [2.75, 3.05) is 19.5 Å². The van der Waals surface area contributed by atoms with Crippen LogP contribution in [-0.4, -0.2) is 36.4 Å². The molecule has 0 saturated carbocycles. The Morgan fingerprint density at radius 2 is 2.47 bits per heavy atom. The first-order valence-corrected chi connectivity index (χ1v) is 6.51. The van der Waals surface area contributed by atoms with Crippen molar-refractivity contribution in [2.45, 2.75) is 18.0 Å². The van der Waals surface area contributed by atoms with E-state index in [1.807, 2.05) is 6.92 Å². The van der Waals surface area contributed by atoms with E-state index in [1.54, 1.807) is 25.4 Å². The second-order valence-corrected chi connectivity index (χ2v) is 4.87. The zero-order chi connectivity index (χ0) is 12.7. The first kappa shape index (κ1) is 14.3. The fraction of sp³-hybridized carbons (Fsp3) is 0.455. The van der Waals surface area contributed by atoms with Crippen molar-refractivity contribution in [3.8, 4) is 0 Å². The van der Waals surface area contributed by atoms with Crippen LogP contribution in [0.5, 0.6) is 0 Å². The summed E-state index contributed by atoms with van der Waals surface area (Å²) in [7, 11) is 1.60. The smallest absolute Gasteiger partial charge is 0.230 e. The zero-order valence-electron chi connectivity index (χ0n) is 9.77. The molecule has 0 saturated heterocycles. The molecule has 0 unspecified atom stereocenters. The van der Waals surface area contributed by atoms with Gasteiger partial charge in [-0.1, -0.05) is 23.4 Å². The average molecular weight is 275 g/mol. The van der Waals surface area contributed by atoms with Gasteiger partial charge in [0, 0.05) is 19.3 Å². The summed E-state index contributed by atoms with van der Waals surface area (Å²) in [5, 5.41) is 4.05. The van der Waals surface area contributed by atoms with Crippen LogP contribution in [0.25, 0.3) is 0 Å². The number of carbonyl (C=O) groups excluding carboxylic acids is 1. The summed E-state index contributed by atoms with van der Waals surface area (Å²) in [6.07, 6.45) is 1.65. The van der Waals surface area contributed by atoms with Gasteiger partial charge in [0.15, 0.2) is 0 Å². The van der Waals surface area contributed by atoms with Gasteiger partial charge in [-0.2, -0.15) is 0 Å². The predicted molar refractivity (Wildman–Crippen MR) is 69.5 cm³/mol. The van der Waals surface area contributed by atoms with Crippen LogP contribution in [0.15, 0.2) is 23.4 Å². The van der Waals surface area contributed by atoms with Crippen LogP contribution in [0.1, 0.15) is 6.92 Å². The van der Waals surface area contributed by atoms with Crippen molar-refractivity contribution in [1.29, 1.82) is 0 Å². The number of aromatic nitrogens is 1. The molecular formula is C11H15ClN2O2S. The van der Waals surface area contributed by atoms with Gasteiger partial charge in [0.1, 0.15) is 5.03 Å². The first-order valence-electron chi connectivity index (χ1n) is 5.15. The molecule has 1 N–H and O–H groups in total. The molecule has 1 aromatic heterocycles. The van der Waals surface area contributed by atoms with Crippen molar-refractivity contribution in [3.05, 3.63) is 23.4 Å². The Bertz CT molecular complexity index is 376. The molecule has 0 spiro atoms. The average Bonchev–Trinajstić information content (AvgIpc) is 2.28. The Labute approximate surface area is 110 Å². The first-order chi connectivity index (χ1) is 8.13. The van der Waals surface area contributed by atoms with Gasteiger partial charge < -0.3 is 10.1 Å². The molecule has 0 radical (unpaired) electrons. The molecular weight excluding hydrogens is 260 g/mol. The Balaban J connectivity index is 2.36. The molecule has 0 bridgehead atoms. The van der Waals surface area contributed by atoms with Gasteiger partial charge in [-0.05, 0) is 19.1 Å². The summed E-state index contributed by atoms with van der Waals surface area (Å²) in [5.41, 5.74) is 0. The minimum absolute atomic E-state index is 0.00676. The summed E-state index contributed by atoms with van der Waals surface area (Å²) >= 11 is 7.25. The summed E-state index contributed by atoms with van der Waals surface area (Å²) in [6.45, 7) is 2.39. The molecule has 0 aliphatic carbocycles. The van der Waals surface area contributed by atoms with Gasteiger partial charge >= 0.3 is 0 Å². The van der Waals surface area contributed by atoms with Crippen LogP contribution in [0.4, 0.5) is 0 Å². The van der Waals surface area contributed by atoms with Gasteiger partial charge in [-0.3, -0.25) is 4.79 Å². The summed E-state index contributed by atoms with van der Waals surface area (Å²) < 4.78 is 4.93. The number of carbonyl (C=O) groups is 1. The number of hydrogen-bond acceptors (Lipinski definition) is 4. The second kappa shape index (κ2) is 7.53. The van der Waals surface area contributed by atoms with Gasteiger partial charge in [-0.15, -0.1) is 0 Å². The van der Waals surface area contributed by atoms with E-state index in [9.17, 15) is 4.79 Å². The molecule has 1 heterocycles. The van der Waals surface area contributed by atoms with Crippen LogP contribution in [0.2, 0.25) is 5.02 Å². The predicted octanol–water partition coefficient (Wildman–Crippen LogP) is 1.98. The highest BCUT2D eigenvalue weighted by Crippen LogP contribution is 2.23. The number of hydrogen-bond donors (Lipinski definition) is 1. The summed E-state index contributed by atoms with van der Waals surface area (Å²) in [4.78, 5) is 15.6. The fourth-order valence-corrected chi connectivity index (χ4v) is 2.20. The number of pyridine rings is 1. The van der Waals surface area contributed by atoms with E-state index in [0.29, 0.717) is 22.4 Å². The summed E-state index contributed by atoms with van der Waals surface area (Å²) in [6, 6.07) is 3.52. The lowest BCUT2D eigenvalue weighted by Crippen LogP contribution is -2.36. The molecule has 6 heteroatoms. The van der Waals surface area contributed by atoms with Gasteiger partial charge in [0.25, 0.3) is 0 Å². The van der Waals surface area contributed by atoms with Crippen LogP contribution >= 0.6 is 23.4 Å². The number of halogens is 1. The number of thioether (sulfide) groups is 1. The number of methoxy groups -OCH3 is 1. The van der Waals surface area contributed by atoms with Crippen molar-refractivity contribution >= 4 is 29.3 Å². The third-order valence-corrected chi connectivity index (χ3v) is 3.31. The lowest BCUT2D eigenvalue weighted by Gasteiger charge is -2.12. The Kier molecular flexibility index (Phi) is 6.32. The van der Waals surface area contributed by atoms with E-state index < -0.39 is 0 Å². The quantitative estimate of drug-likeness (QED) is 0.806. The van der Waals surface area contributed by atoms with Crippen LogP contribution in [0.3, 0.4) is 0 Å². The van der Waals surface area contributed by atoms with Crippen LogP contribution < -0.4 is 5.32 Å². The van der Waals surface area contributed by atoms with E-state index >= 15 is 0 Å². The molecule has 17 heavy (non-hydrogen) atoms. The number of nitrogens with zero attached hydrogens (tertiary/aromatic N) is 1. The lowest BCUT2D eigenvalue weighted by molar-refractivity contribution is -0.119. The molecule has 1 aromatic rings. The molecule has 0 aliphatic rings. The van der Waals surface area contributed by atoms with E-state index in [-0.39, 0.29) is 11.9 Å². The molecule has 1 amide bonds. The van der Waals surface area contributed by atoms with Crippen molar-refractivity contribution in [2.24, 2.45) is 0 Å². The van der Waals surface area contributed by atoms with E-state index in [2.05, 4.69) is 10.3 Å². The molecule has 0 fully saturated rings. The number of amides is 1. The molecule has 0 aliphatic heterocycles. The van der Waals surface area contributed by atoms with Gasteiger partial charge in [-0.25, -0.2) is 4.98 Å². The third kappa shape index (κ3) is 5.39. The minimum Gasteiger partial charge on any atom is -0.383 e. The van der Waals surface area contributed by atoms with Crippen molar-refractivity contribution in [1.82, 2.24) is 10.3 Å². The normalized spacial score (nSPS) is 12.2.